The van der Waals surface area contributed by atoms with Crippen molar-refractivity contribution in [1.29, 1.82) is 0 Å². The molecular formula is C25H35N3O6S. The van der Waals surface area contributed by atoms with Gasteiger partial charge in [0.15, 0.2) is 0 Å². The average Bonchev–Trinajstić information content (AvgIpc) is 2.83. The summed E-state index contributed by atoms with van der Waals surface area (Å²) in [5.74, 6) is 0.0701. The fourth-order valence-electron chi connectivity index (χ4n) is 3.40. The van der Waals surface area contributed by atoms with Crippen molar-refractivity contribution in [3.63, 3.8) is 0 Å². The SMILES string of the molecule is COc1ccc(OC)c(N(CC(=O)N(Cc2ccccc2)[C@H](C)C(=O)NCC(C)C)S(C)(=O)=O)c1. The highest BCUT2D eigenvalue weighted by molar-refractivity contribution is 7.92. The lowest BCUT2D eigenvalue weighted by molar-refractivity contribution is -0.139. The molecule has 0 aliphatic carbocycles. The van der Waals surface area contributed by atoms with Crippen molar-refractivity contribution in [2.24, 2.45) is 5.92 Å². The van der Waals surface area contributed by atoms with E-state index >= 15 is 0 Å². The van der Waals surface area contributed by atoms with E-state index in [0.29, 0.717) is 12.3 Å². The molecule has 0 radical (unpaired) electrons. The third-order valence-corrected chi connectivity index (χ3v) is 6.51. The number of amides is 2. The number of ether oxygens (including phenoxy) is 2. The second-order valence-electron chi connectivity index (χ2n) is 8.63. The van der Waals surface area contributed by atoms with Crippen LogP contribution in [0.1, 0.15) is 26.3 Å². The lowest BCUT2D eigenvalue weighted by Crippen LogP contribution is -2.51. The smallest absolute Gasteiger partial charge is 0.244 e. The Morgan fingerprint density at radius 1 is 1.00 bits per heavy atom. The van der Waals surface area contributed by atoms with Crippen LogP contribution in [-0.2, 0) is 26.2 Å². The van der Waals surface area contributed by atoms with Gasteiger partial charge in [-0.15, -0.1) is 0 Å². The zero-order valence-electron chi connectivity index (χ0n) is 21.1. The number of sulfonamides is 1. The Labute approximate surface area is 208 Å². The predicted octanol–water partition coefficient (Wildman–Crippen LogP) is 2.66. The van der Waals surface area contributed by atoms with Gasteiger partial charge in [0, 0.05) is 19.2 Å². The topological polar surface area (TPSA) is 105 Å². The largest absolute Gasteiger partial charge is 0.497 e. The van der Waals surface area contributed by atoms with Crippen LogP contribution in [0.25, 0.3) is 0 Å². The summed E-state index contributed by atoms with van der Waals surface area (Å²) in [5.41, 5.74) is 0.980. The van der Waals surface area contributed by atoms with Gasteiger partial charge >= 0.3 is 0 Å². The Morgan fingerprint density at radius 2 is 1.66 bits per heavy atom. The molecular weight excluding hydrogens is 470 g/mol. The van der Waals surface area contributed by atoms with Crippen LogP contribution < -0.4 is 19.1 Å². The molecule has 0 aliphatic rings. The second-order valence-corrected chi connectivity index (χ2v) is 10.5. The van der Waals surface area contributed by atoms with Gasteiger partial charge in [-0.2, -0.15) is 0 Å². The Bertz CT molecular complexity index is 1110. The number of carbonyl (C=O) groups is 2. The van der Waals surface area contributed by atoms with Gasteiger partial charge in [-0.3, -0.25) is 13.9 Å². The molecule has 0 heterocycles. The number of anilines is 1. The van der Waals surface area contributed by atoms with Crippen LogP contribution in [0.15, 0.2) is 48.5 Å². The molecule has 0 unspecified atom stereocenters. The maximum absolute atomic E-state index is 13.6. The first-order chi connectivity index (χ1) is 16.5. The predicted molar refractivity (Wildman–Crippen MR) is 136 cm³/mol. The molecule has 0 fully saturated rings. The van der Waals surface area contributed by atoms with Crippen LogP contribution in [0.2, 0.25) is 0 Å². The minimum absolute atomic E-state index is 0.142. The number of hydrogen-bond acceptors (Lipinski definition) is 6. The summed E-state index contributed by atoms with van der Waals surface area (Å²) in [7, 11) is -1.02. The minimum atomic E-state index is -3.89. The van der Waals surface area contributed by atoms with Crippen LogP contribution >= 0.6 is 0 Å². The van der Waals surface area contributed by atoms with Gasteiger partial charge in [-0.1, -0.05) is 44.2 Å². The number of nitrogens with one attached hydrogen (secondary N) is 1. The van der Waals surface area contributed by atoms with E-state index in [0.717, 1.165) is 16.1 Å². The van der Waals surface area contributed by atoms with Crippen molar-refractivity contribution >= 4 is 27.5 Å². The van der Waals surface area contributed by atoms with E-state index in [9.17, 15) is 18.0 Å². The maximum atomic E-state index is 13.6. The van der Waals surface area contributed by atoms with Crippen LogP contribution in [0, 0.1) is 5.92 Å². The van der Waals surface area contributed by atoms with E-state index in [4.69, 9.17) is 9.47 Å². The van der Waals surface area contributed by atoms with E-state index in [2.05, 4.69) is 5.32 Å². The summed E-state index contributed by atoms with van der Waals surface area (Å²) in [5, 5.41) is 2.85. The zero-order valence-corrected chi connectivity index (χ0v) is 22.0. The number of nitrogens with zero attached hydrogens (tertiary/aromatic N) is 2. The molecule has 2 aromatic carbocycles. The molecule has 0 bridgehead atoms. The Morgan fingerprint density at radius 3 is 2.20 bits per heavy atom. The van der Waals surface area contributed by atoms with Crippen molar-refractivity contribution in [3.8, 4) is 11.5 Å². The van der Waals surface area contributed by atoms with Crippen LogP contribution in [-0.4, -0.2) is 64.7 Å². The van der Waals surface area contributed by atoms with Crippen molar-refractivity contribution in [2.45, 2.75) is 33.4 Å². The van der Waals surface area contributed by atoms with Crippen molar-refractivity contribution < 1.29 is 27.5 Å². The number of hydrogen-bond donors (Lipinski definition) is 1. The lowest BCUT2D eigenvalue weighted by atomic mass is 10.1. The Kier molecular flexibility index (Phi) is 9.94. The van der Waals surface area contributed by atoms with E-state index in [1.807, 2.05) is 44.2 Å². The van der Waals surface area contributed by atoms with Gasteiger partial charge in [0.25, 0.3) is 0 Å². The zero-order chi connectivity index (χ0) is 26.2. The normalized spacial score (nSPS) is 12.1. The fourth-order valence-corrected chi connectivity index (χ4v) is 4.25. The maximum Gasteiger partial charge on any atom is 0.244 e. The third-order valence-electron chi connectivity index (χ3n) is 5.38. The molecule has 1 atom stereocenters. The lowest BCUT2D eigenvalue weighted by Gasteiger charge is -2.32. The Hall–Kier alpha value is -3.27. The fraction of sp³-hybridized carbons (Fsp3) is 0.440. The summed E-state index contributed by atoms with van der Waals surface area (Å²) in [6, 6.07) is 13.1. The molecule has 2 aromatic rings. The summed E-state index contributed by atoms with van der Waals surface area (Å²) in [6.07, 6.45) is 1.01. The first kappa shape index (κ1) is 28.0. The van der Waals surface area contributed by atoms with Crippen molar-refractivity contribution in [1.82, 2.24) is 10.2 Å². The molecule has 35 heavy (non-hydrogen) atoms. The highest BCUT2D eigenvalue weighted by Crippen LogP contribution is 2.33. The van der Waals surface area contributed by atoms with Gasteiger partial charge in [0.1, 0.15) is 24.1 Å². The number of methoxy groups -OCH3 is 2. The highest BCUT2D eigenvalue weighted by Gasteiger charge is 2.31. The molecule has 0 saturated heterocycles. The molecule has 2 rings (SSSR count). The summed E-state index contributed by atoms with van der Waals surface area (Å²) >= 11 is 0. The standard InChI is InChI=1S/C25H35N3O6S/c1-18(2)15-26-25(30)19(3)27(16-20-10-8-7-9-11-20)24(29)17-28(35(6,31)32)22-14-21(33-4)12-13-23(22)34-5/h7-14,18-19H,15-17H2,1-6H3,(H,26,30)/t19-/m1/s1. The Balaban J connectivity index is 2.43. The molecule has 9 nitrogen and oxygen atoms in total. The molecule has 1 N–H and O–H groups in total. The first-order valence-corrected chi connectivity index (χ1v) is 13.1. The summed E-state index contributed by atoms with van der Waals surface area (Å²) in [4.78, 5) is 27.8. The molecule has 192 valence electrons. The van der Waals surface area contributed by atoms with E-state index < -0.39 is 28.5 Å². The first-order valence-electron chi connectivity index (χ1n) is 11.3. The summed E-state index contributed by atoms with van der Waals surface area (Å²) in [6.45, 7) is 5.67. The van der Waals surface area contributed by atoms with Crippen molar-refractivity contribution in [3.05, 3.63) is 54.1 Å². The molecule has 10 heteroatoms. The van der Waals surface area contributed by atoms with Crippen LogP contribution in [0.3, 0.4) is 0 Å². The van der Waals surface area contributed by atoms with Crippen molar-refractivity contribution in [2.75, 3.05) is 37.9 Å². The third kappa shape index (κ3) is 7.88. The highest BCUT2D eigenvalue weighted by atomic mass is 32.2. The minimum Gasteiger partial charge on any atom is -0.497 e. The summed E-state index contributed by atoms with van der Waals surface area (Å²) < 4.78 is 37.1. The van der Waals surface area contributed by atoms with Gasteiger partial charge in [0.05, 0.1) is 26.2 Å². The second kappa shape index (κ2) is 12.4. The van der Waals surface area contributed by atoms with E-state index in [1.165, 1.54) is 25.2 Å². The molecule has 0 aliphatic heterocycles. The van der Waals surface area contributed by atoms with Gasteiger partial charge in [0.2, 0.25) is 21.8 Å². The molecule has 0 spiro atoms. The van der Waals surface area contributed by atoms with E-state index in [1.54, 1.807) is 19.1 Å². The van der Waals surface area contributed by atoms with Gasteiger partial charge in [-0.05, 0) is 30.5 Å². The van der Waals surface area contributed by atoms with Crippen LogP contribution in [0.4, 0.5) is 5.69 Å². The molecule has 2 amide bonds. The number of benzene rings is 2. The molecule has 0 aromatic heterocycles. The quantitative estimate of drug-likeness (QED) is 0.476. The number of rotatable bonds is 12. The van der Waals surface area contributed by atoms with Crippen LogP contribution in [0.5, 0.6) is 11.5 Å². The number of carbonyl (C=O) groups excluding carboxylic acids is 2. The monoisotopic (exact) mass is 505 g/mol. The van der Waals surface area contributed by atoms with E-state index in [-0.39, 0.29) is 29.8 Å². The van der Waals surface area contributed by atoms with Gasteiger partial charge in [-0.25, -0.2) is 8.42 Å². The van der Waals surface area contributed by atoms with Gasteiger partial charge < -0.3 is 19.7 Å². The molecule has 0 saturated carbocycles. The average molecular weight is 506 g/mol.